The SMILES string of the molecule is COCCN(CC(=O)N(Cc1ccccc1)Cc1ccc(C)s1)S(=O)(=O)c1ccc(Br)cc1. The lowest BCUT2D eigenvalue weighted by atomic mass is 10.2. The number of hydrogen-bond donors (Lipinski definition) is 0. The zero-order valence-corrected chi connectivity index (χ0v) is 21.8. The summed E-state index contributed by atoms with van der Waals surface area (Å²) < 4.78 is 33.7. The molecule has 0 bridgehead atoms. The third-order valence-electron chi connectivity index (χ3n) is 5.02. The number of rotatable bonds is 11. The van der Waals surface area contributed by atoms with Crippen molar-refractivity contribution >= 4 is 43.2 Å². The van der Waals surface area contributed by atoms with Gasteiger partial charge in [0.2, 0.25) is 15.9 Å². The Bertz CT molecular complexity index is 1150. The number of carbonyl (C=O) groups is 1. The van der Waals surface area contributed by atoms with Crippen molar-refractivity contribution in [3.05, 3.63) is 86.5 Å². The largest absolute Gasteiger partial charge is 0.383 e. The average Bonchev–Trinajstić information content (AvgIpc) is 3.21. The molecule has 9 heteroatoms. The van der Waals surface area contributed by atoms with Crippen LogP contribution in [-0.2, 0) is 32.6 Å². The molecule has 33 heavy (non-hydrogen) atoms. The topological polar surface area (TPSA) is 66.9 Å². The van der Waals surface area contributed by atoms with Crippen LogP contribution < -0.4 is 0 Å². The van der Waals surface area contributed by atoms with Crippen molar-refractivity contribution in [2.75, 3.05) is 26.8 Å². The molecular weight excluding hydrogens is 524 g/mol. The minimum absolute atomic E-state index is 0.0813. The molecule has 1 aromatic heterocycles. The number of nitrogens with zero attached hydrogens (tertiary/aromatic N) is 2. The van der Waals surface area contributed by atoms with Crippen LogP contribution in [0.4, 0.5) is 0 Å². The molecule has 1 amide bonds. The Kier molecular flexibility index (Phi) is 9.22. The van der Waals surface area contributed by atoms with E-state index in [1.165, 1.54) is 23.5 Å². The Morgan fingerprint density at radius 3 is 2.30 bits per heavy atom. The molecule has 0 saturated carbocycles. The smallest absolute Gasteiger partial charge is 0.243 e. The first-order valence-corrected chi connectivity index (χ1v) is 13.5. The molecule has 0 aliphatic rings. The van der Waals surface area contributed by atoms with Gasteiger partial charge < -0.3 is 9.64 Å². The number of amides is 1. The number of halogens is 1. The lowest BCUT2D eigenvalue weighted by Crippen LogP contribution is -2.43. The van der Waals surface area contributed by atoms with Gasteiger partial charge in [0.1, 0.15) is 0 Å². The summed E-state index contributed by atoms with van der Waals surface area (Å²) in [7, 11) is -2.37. The van der Waals surface area contributed by atoms with E-state index in [1.54, 1.807) is 28.4 Å². The van der Waals surface area contributed by atoms with Crippen LogP contribution in [-0.4, -0.2) is 50.3 Å². The highest BCUT2D eigenvalue weighted by Crippen LogP contribution is 2.21. The van der Waals surface area contributed by atoms with Gasteiger partial charge in [0.25, 0.3) is 0 Å². The Balaban J connectivity index is 1.85. The van der Waals surface area contributed by atoms with Gasteiger partial charge in [-0.25, -0.2) is 8.42 Å². The molecule has 3 rings (SSSR count). The Morgan fingerprint density at radius 1 is 1.00 bits per heavy atom. The van der Waals surface area contributed by atoms with Gasteiger partial charge in [-0.15, -0.1) is 11.3 Å². The first-order valence-electron chi connectivity index (χ1n) is 10.4. The number of aryl methyl sites for hydroxylation is 1. The van der Waals surface area contributed by atoms with Crippen LogP contribution in [0.15, 0.2) is 76.1 Å². The summed E-state index contributed by atoms with van der Waals surface area (Å²) in [6.45, 7) is 2.84. The lowest BCUT2D eigenvalue weighted by Gasteiger charge is -2.27. The van der Waals surface area contributed by atoms with Gasteiger partial charge >= 0.3 is 0 Å². The van der Waals surface area contributed by atoms with Crippen LogP contribution in [0.1, 0.15) is 15.3 Å². The van der Waals surface area contributed by atoms with Crippen LogP contribution in [0.2, 0.25) is 0 Å². The molecule has 3 aromatic rings. The zero-order valence-electron chi connectivity index (χ0n) is 18.6. The predicted molar refractivity (Wildman–Crippen MR) is 135 cm³/mol. The van der Waals surface area contributed by atoms with E-state index in [9.17, 15) is 13.2 Å². The van der Waals surface area contributed by atoms with Crippen molar-refractivity contribution in [1.29, 1.82) is 0 Å². The van der Waals surface area contributed by atoms with Crippen LogP contribution in [0, 0.1) is 6.92 Å². The molecule has 1 heterocycles. The summed E-state index contributed by atoms with van der Waals surface area (Å²) in [5.74, 6) is -0.262. The fraction of sp³-hybridized carbons (Fsp3) is 0.292. The van der Waals surface area contributed by atoms with Crippen LogP contribution >= 0.6 is 27.3 Å². The van der Waals surface area contributed by atoms with Crippen LogP contribution in [0.5, 0.6) is 0 Å². The molecule has 6 nitrogen and oxygen atoms in total. The number of ether oxygens (including phenoxy) is 1. The maximum absolute atomic E-state index is 13.4. The number of methoxy groups -OCH3 is 1. The monoisotopic (exact) mass is 550 g/mol. The minimum atomic E-state index is -3.87. The second-order valence-corrected chi connectivity index (χ2v) is 11.8. The fourth-order valence-corrected chi connectivity index (χ4v) is 5.82. The number of thiophene rings is 1. The third-order valence-corrected chi connectivity index (χ3v) is 8.39. The second kappa shape index (κ2) is 11.9. The molecule has 0 saturated heterocycles. The van der Waals surface area contributed by atoms with Crippen molar-refractivity contribution in [3.63, 3.8) is 0 Å². The molecule has 0 radical (unpaired) electrons. The standard InChI is InChI=1S/C24H27BrN2O4S2/c1-19-8-11-22(32-19)17-26(16-20-6-4-3-5-7-20)24(28)18-27(14-15-31-2)33(29,30)23-12-9-21(25)10-13-23/h3-13H,14-18H2,1-2H3. The summed E-state index contributed by atoms with van der Waals surface area (Å²) >= 11 is 4.96. The quantitative estimate of drug-likeness (QED) is 0.347. The third kappa shape index (κ3) is 7.22. The summed E-state index contributed by atoms with van der Waals surface area (Å²) in [6.07, 6.45) is 0. The summed E-state index contributed by atoms with van der Waals surface area (Å²) in [5.41, 5.74) is 0.985. The van der Waals surface area contributed by atoms with E-state index in [4.69, 9.17) is 4.74 Å². The highest BCUT2D eigenvalue weighted by Gasteiger charge is 2.28. The van der Waals surface area contributed by atoms with Crippen molar-refractivity contribution in [2.45, 2.75) is 24.9 Å². The molecule has 0 fully saturated rings. The molecule has 0 spiro atoms. The fourth-order valence-electron chi connectivity index (χ4n) is 3.28. The van der Waals surface area contributed by atoms with Gasteiger partial charge in [-0.3, -0.25) is 4.79 Å². The highest BCUT2D eigenvalue weighted by atomic mass is 79.9. The van der Waals surface area contributed by atoms with E-state index in [0.29, 0.717) is 13.1 Å². The Hall–Kier alpha value is -2.04. The van der Waals surface area contributed by atoms with Crippen molar-refractivity contribution < 1.29 is 17.9 Å². The molecular formula is C24H27BrN2O4S2. The molecule has 2 aromatic carbocycles. The van der Waals surface area contributed by atoms with Gasteiger partial charge in [0, 0.05) is 34.4 Å². The van der Waals surface area contributed by atoms with Crippen molar-refractivity contribution in [2.24, 2.45) is 0 Å². The van der Waals surface area contributed by atoms with E-state index in [0.717, 1.165) is 19.8 Å². The number of sulfonamides is 1. The van der Waals surface area contributed by atoms with Crippen molar-refractivity contribution in [1.82, 2.24) is 9.21 Å². The molecule has 0 unspecified atom stereocenters. The lowest BCUT2D eigenvalue weighted by molar-refractivity contribution is -0.132. The van der Waals surface area contributed by atoms with E-state index in [-0.39, 0.29) is 30.5 Å². The van der Waals surface area contributed by atoms with Crippen LogP contribution in [0.25, 0.3) is 0 Å². The number of carbonyl (C=O) groups excluding carboxylic acids is 1. The number of hydrogen-bond acceptors (Lipinski definition) is 5. The van der Waals surface area contributed by atoms with Gasteiger partial charge in [-0.1, -0.05) is 46.3 Å². The highest BCUT2D eigenvalue weighted by molar-refractivity contribution is 9.10. The first-order chi connectivity index (χ1) is 15.8. The van der Waals surface area contributed by atoms with Gasteiger partial charge in [0.15, 0.2) is 0 Å². The molecule has 0 atom stereocenters. The average molecular weight is 552 g/mol. The maximum Gasteiger partial charge on any atom is 0.243 e. The minimum Gasteiger partial charge on any atom is -0.383 e. The Labute approximate surface area is 208 Å². The van der Waals surface area contributed by atoms with Gasteiger partial charge in [-0.2, -0.15) is 4.31 Å². The van der Waals surface area contributed by atoms with Crippen molar-refractivity contribution in [3.8, 4) is 0 Å². The number of benzene rings is 2. The van der Waals surface area contributed by atoms with E-state index in [1.807, 2.05) is 49.4 Å². The first kappa shape index (κ1) is 25.6. The zero-order chi connectivity index (χ0) is 23.8. The second-order valence-electron chi connectivity index (χ2n) is 7.53. The summed E-state index contributed by atoms with van der Waals surface area (Å²) in [6, 6.07) is 20.1. The predicted octanol–water partition coefficient (Wildman–Crippen LogP) is 4.69. The van der Waals surface area contributed by atoms with Gasteiger partial charge in [0.05, 0.1) is 24.6 Å². The van der Waals surface area contributed by atoms with E-state index in [2.05, 4.69) is 15.9 Å². The van der Waals surface area contributed by atoms with Crippen LogP contribution in [0.3, 0.4) is 0 Å². The Morgan fingerprint density at radius 2 is 1.70 bits per heavy atom. The van der Waals surface area contributed by atoms with Gasteiger partial charge in [-0.05, 0) is 48.9 Å². The summed E-state index contributed by atoms with van der Waals surface area (Å²) in [4.78, 5) is 17.5. The molecule has 0 aliphatic heterocycles. The molecule has 0 N–H and O–H groups in total. The molecule has 0 aliphatic carbocycles. The maximum atomic E-state index is 13.4. The van der Waals surface area contributed by atoms with E-state index >= 15 is 0 Å². The van der Waals surface area contributed by atoms with E-state index < -0.39 is 10.0 Å². The summed E-state index contributed by atoms with van der Waals surface area (Å²) in [5, 5.41) is 0. The molecule has 176 valence electrons. The normalized spacial score (nSPS) is 11.6.